The van der Waals surface area contributed by atoms with Gasteiger partial charge < -0.3 is 0 Å². The van der Waals surface area contributed by atoms with Gasteiger partial charge in [-0.05, 0) is 6.92 Å². The lowest BCUT2D eigenvalue weighted by Gasteiger charge is -2.23. The van der Waals surface area contributed by atoms with Crippen LogP contribution in [-0.2, 0) is 0 Å². The second kappa shape index (κ2) is 2.26. The fraction of sp³-hybridized carbons (Fsp3) is 1.00. The first-order valence-electron chi connectivity index (χ1n) is 2.45. The molecule has 0 saturated carbocycles. The second-order valence-corrected chi connectivity index (χ2v) is 1.98. The van der Waals surface area contributed by atoms with Crippen LogP contribution in [0.25, 0.3) is 0 Å². The molecule has 0 spiro atoms. The standard InChI is InChI=1S/C4H14N3/c1-3-7(2,6)4-5/h3-6H2,1-2H3/q+1. The van der Waals surface area contributed by atoms with E-state index in [0.29, 0.717) is 11.3 Å². The Morgan fingerprint density at radius 2 is 2.00 bits per heavy atom. The maximum absolute atomic E-state index is 5.53. The van der Waals surface area contributed by atoms with Gasteiger partial charge in [-0.2, -0.15) is 5.84 Å². The molecule has 0 radical (unpaired) electrons. The number of quaternary nitrogens is 1. The topological polar surface area (TPSA) is 52.0 Å². The SMILES string of the molecule is CC[N+](C)(N)CN. The van der Waals surface area contributed by atoms with Crippen LogP contribution >= 0.6 is 0 Å². The first-order chi connectivity index (χ1) is 3.12. The third-order valence-corrected chi connectivity index (χ3v) is 1.14. The van der Waals surface area contributed by atoms with E-state index in [-0.39, 0.29) is 0 Å². The summed E-state index contributed by atoms with van der Waals surface area (Å²) in [5.41, 5.74) is 5.26. The van der Waals surface area contributed by atoms with Gasteiger partial charge in [0.05, 0.1) is 13.6 Å². The van der Waals surface area contributed by atoms with Crippen molar-refractivity contribution >= 4 is 0 Å². The van der Waals surface area contributed by atoms with Gasteiger partial charge in [0, 0.05) is 0 Å². The fourth-order valence-corrected chi connectivity index (χ4v) is 0.129. The summed E-state index contributed by atoms with van der Waals surface area (Å²) < 4.78 is 0.417. The molecule has 0 rings (SSSR count). The van der Waals surface area contributed by atoms with Crippen molar-refractivity contribution in [1.29, 1.82) is 0 Å². The van der Waals surface area contributed by atoms with E-state index in [1.165, 1.54) is 0 Å². The Hall–Kier alpha value is -0.120. The van der Waals surface area contributed by atoms with Crippen LogP contribution in [0, 0.1) is 0 Å². The number of nitrogens with zero attached hydrogens (tertiary/aromatic N) is 1. The minimum atomic E-state index is 0.417. The van der Waals surface area contributed by atoms with Crippen LogP contribution < -0.4 is 11.6 Å². The second-order valence-electron chi connectivity index (χ2n) is 1.98. The first kappa shape index (κ1) is 6.88. The third kappa shape index (κ3) is 2.56. The highest BCUT2D eigenvalue weighted by Crippen LogP contribution is 1.82. The van der Waals surface area contributed by atoms with Crippen LogP contribution in [0.2, 0.25) is 0 Å². The summed E-state index contributed by atoms with van der Waals surface area (Å²) in [5.74, 6) is 5.53. The van der Waals surface area contributed by atoms with Crippen molar-refractivity contribution < 1.29 is 4.59 Å². The monoisotopic (exact) mass is 104 g/mol. The van der Waals surface area contributed by atoms with Crippen LogP contribution in [0.4, 0.5) is 0 Å². The predicted molar refractivity (Wildman–Crippen MR) is 30.0 cm³/mol. The molecular weight excluding hydrogens is 90.1 g/mol. The summed E-state index contributed by atoms with van der Waals surface area (Å²) in [6, 6.07) is 0. The van der Waals surface area contributed by atoms with Crippen molar-refractivity contribution in [3.05, 3.63) is 0 Å². The molecule has 1 unspecified atom stereocenters. The van der Waals surface area contributed by atoms with Crippen LogP contribution in [0.15, 0.2) is 0 Å². The molecule has 0 fully saturated rings. The summed E-state index contributed by atoms with van der Waals surface area (Å²) in [7, 11) is 1.89. The highest BCUT2D eigenvalue weighted by Gasteiger charge is 2.06. The van der Waals surface area contributed by atoms with E-state index in [1.807, 2.05) is 14.0 Å². The van der Waals surface area contributed by atoms with Gasteiger partial charge in [-0.3, -0.25) is 5.73 Å². The number of hydrogen-bond acceptors (Lipinski definition) is 2. The number of nitrogens with two attached hydrogens (primary N) is 2. The lowest BCUT2D eigenvalue weighted by atomic mass is 10.6. The van der Waals surface area contributed by atoms with Crippen LogP contribution in [0.5, 0.6) is 0 Å². The largest absolute Gasteiger partial charge is 0.283 e. The molecule has 3 heteroatoms. The normalized spacial score (nSPS) is 18.9. The molecule has 3 nitrogen and oxygen atoms in total. The van der Waals surface area contributed by atoms with Crippen molar-refractivity contribution in [2.75, 3.05) is 20.3 Å². The Kier molecular flexibility index (Phi) is 2.22. The summed E-state index contributed by atoms with van der Waals surface area (Å²) in [5, 5.41) is 0. The maximum Gasteiger partial charge on any atom is 0.147 e. The van der Waals surface area contributed by atoms with Gasteiger partial charge in [-0.1, -0.05) is 0 Å². The minimum Gasteiger partial charge on any atom is -0.283 e. The fourth-order valence-electron chi connectivity index (χ4n) is 0.129. The molecule has 0 saturated heterocycles. The molecule has 0 aliphatic heterocycles. The summed E-state index contributed by atoms with van der Waals surface area (Å²) in [4.78, 5) is 0. The Balaban J connectivity index is 3.36. The Morgan fingerprint density at radius 1 is 1.57 bits per heavy atom. The number of rotatable bonds is 2. The Morgan fingerprint density at radius 3 is 2.00 bits per heavy atom. The summed E-state index contributed by atoms with van der Waals surface area (Å²) >= 11 is 0. The van der Waals surface area contributed by atoms with E-state index in [2.05, 4.69) is 0 Å². The molecule has 0 aromatic rings. The van der Waals surface area contributed by atoms with Crippen LogP contribution in [0.1, 0.15) is 6.92 Å². The Bertz CT molecular complexity index is 44.9. The van der Waals surface area contributed by atoms with Gasteiger partial charge in [-0.15, -0.1) is 0 Å². The van der Waals surface area contributed by atoms with E-state index >= 15 is 0 Å². The molecule has 0 aromatic carbocycles. The molecule has 44 valence electrons. The van der Waals surface area contributed by atoms with E-state index in [9.17, 15) is 0 Å². The lowest BCUT2D eigenvalue weighted by molar-refractivity contribution is -0.919. The average Bonchev–Trinajstić information content (AvgIpc) is 1.68. The first-order valence-corrected chi connectivity index (χ1v) is 2.45. The predicted octanol–water partition coefficient (Wildman–Crippen LogP) is -0.757. The summed E-state index contributed by atoms with van der Waals surface area (Å²) in [6.45, 7) is 3.40. The van der Waals surface area contributed by atoms with Crippen LogP contribution in [0.3, 0.4) is 0 Å². The van der Waals surface area contributed by atoms with Crippen molar-refractivity contribution in [2.45, 2.75) is 6.92 Å². The average molecular weight is 104 g/mol. The molecule has 0 amide bonds. The van der Waals surface area contributed by atoms with Gasteiger partial charge in [0.15, 0.2) is 0 Å². The van der Waals surface area contributed by atoms with Gasteiger partial charge in [-0.25, -0.2) is 4.59 Å². The Labute approximate surface area is 44.5 Å². The van der Waals surface area contributed by atoms with Crippen LogP contribution in [-0.4, -0.2) is 24.9 Å². The van der Waals surface area contributed by atoms with E-state index < -0.39 is 0 Å². The van der Waals surface area contributed by atoms with Gasteiger partial charge in [0.1, 0.15) is 6.67 Å². The van der Waals surface area contributed by atoms with E-state index in [4.69, 9.17) is 11.6 Å². The molecule has 7 heavy (non-hydrogen) atoms. The smallest absolute Gasteiger partial charge is 0.147 e. The van der Waals surface area contributed by atoms with Gasteiger partial charge >= 0.3 is 0 Å². The van der Waals surface area contributed by atoms with Crippen molar-refractivity contribution in [2.24, 2.45) is 11.6 Å². The molecule has 1 atom stereocenters. The van der Waals surface area contributed by atoms with Crippen molar-refractivity contribution in [3.8, 4) is 0 Å². The molecule has 0 aliphatic carbocycles. The number of hydrogen-bond donors (Lipinski definition) is 2. The van der Waals surface area contributed by atoms with Crippen molar-refractivity contribution in [1.82, 2.24) is 0 Å². The van der Waals surface area contributed by atoms with Crippen molar-refractivity contribution in [3.63, 3.8) is 0 Å². The molecule has 0 bridgehead atoms. The maximum atomic E-state index is 5.53. The minimum absolute atomic E-state index is 0.417. The van der Waals surface area contributed by atoms with Gasteiger partial charge in [0.25, 0.3) is 0 Å². The highest BCUT2D eigenvalue weighted by atomic mass is 15.6. The zero-order valence-electron chi connectivity index (χ0n) is 5.02. The molecule has 0 aromatic heterocycles. The molecule has 4 N–H and O–H groups in total. The quantitative estimate of drug-likeness (QED) is 0.209. The van der Waals surface area contributed by atoms with E-state index in [0.717, 1.165) is 6.54 Å². The molecule has 0 heterocycles. The van der Waals surface area contributed by atoms with E-state index in [1.54, 1.807) is 0 Å². The lowest BCUT2D eigenvalue weighted by Crippen LogP contribution is -2.53. The summed E-state index contributed by atoms with van der Waals surface area (Å²) in [6.07, 6.45) is 0. The zero-order valence-corrected chi connectivity index (χ0v) is 5.02. The molecule has 0 aliphatic rings. The highest BCUT2D eigenvalue weighted by molar-refractivity contribution is 4.12. The molecular formula is C4H14N3+. The third-order valence-electron chi connectivity index (χ3n) is 1.14. The van der Waals surface area contributed by atoms with Gasteiger partial charge in [0.2, 0.25) is 0 Å². The zero-order chi connectivity index (χ0) is 5.91.